The lowest BCUT2D eigenvalue weighted by molar-refractivity contribution is -0.133. The lowest BCUT2D eigenvalue weighted by atomic mass is 10.2. The maximum Gasteiger partial charge on any atom is 0.291 e. The number of amides is 2. The second-order valence-corrected chi connectivity index (χ2v) is 6.04. The Balaban J connectivity index is 1.54. The zero-order valence-corrected chi connectivity index (χ0v) is 14.1. The molecule has 1 aliphatic heterocycles. The van der Waals surface area contributed by atoms with Gasteiger partial charge in [0, 0.05) is 24.8 Å². The second kappa shape index (κ2) is 8.37. The molecule has 2 heterocycles. The zero-order chi connectivity index (χ0) is 17.5. The van der Waals surface area contributed by atoms with Crippen LogP contribution in [0.15, 0.2) is 47.1 Å². The Morgan fingerprint density at radius 3 is 2.60 bits per heavy atom. The first kappa shape index (κ1) is 17.1. The van der Waals surface area contributed by atoms with Gasteiger partial charge in [-0.3, -0.25) is 9.59 Å². The van der Waals surface area contributed by atoms with E-state index in [2.05, 4.69) is 5.32 Å². The molecule has 0 unspecified atom stereocenters. The van der Waals surface area contributed by atoms with Crippen LogP contribution in [0.5, 0.6) is 5.75 Å². The molecule has 1 aromatic heterocycles. The van der Waals surface area contributed by atoms with Gasteiger partial charge < -0.3 is 19.4 Å². The Labute approximate surface area is 146 Å². The normalized spacial score (nSPS) is 14.6. The molecule has 2 amide bonds. The number of rotatable bonds is 5. The summed E-state index contributed by atoms with van der Waals surface area (Å²) in [5.74, 6) is 0.456. The molecule has 0 radical (unpaired) electrons. The number of carbonyl (C=O) groups is 2. The molecule has 3 rings (SSSR count). The van der Waals surface area contributed by atoms with Crippen molar-refractivity contribution >= 4 is 17.5 Å². The van der Waals surface area contributed by atoms with Gasteiger partial charge in [-0.15, -0.1) is 0 Å². The molecular formula is C19H22N2O4. The minimum Gasteiger partial charge on any atom is -0.484 e. The van der Waals surface area contributed by atoms with Crippen molar-refractivity contribution in [2.45, 2.75) is 25.7 Å². The van der Waals surface area contributed by atoms with Gasteiger partial charge in [0.05, 0.1) is 6.26 Å². The number of furan rings is 1. The Morgan fingerprint density at radius 2 is 1.88 bits per heavy atom. The smallest absolute Gasteiger partial charge is 0.291 e. The van der Waals surface area contributed by atoms with Crippen molar-refractivity contribution in [3.05, 3.63) is 48.4 Å². The highest BCUT2D eigenvalue weighted by Gasteiger charge is 2.16. The fourth-order valence-electron chi connectivity index (χ4n) is 2.82. The number of anilines is 1. The fourth-order valence-corrected chi connectivity index (χ4v) is 2.82. The molecule has 1 aliphatic rings. The number of nitrogens with one attached hydrogen (secondary N) is 1. The predicted molar refractivity (Wildman–Crippen MR) is 93.6 cm³/mol. The molecule has 0 spiro atoms. The Morgan fingerprint density at radius 1 is 1.08 bits per heavy atom. The van der Waals surface area contributed by atoms with Gasteiger partial charge in [-0.2, -0.15) is 0 Å². The molecule has 1 N–H and O–H groups in total. The number of ether oxygens (including phenoxy) is 1. The van der Waals surface area contributed by atoms with Crippen molar-refractivity contribution in [1.29, 1.82) is 0 Å². The number of benzene rings is 1. The summed E-state index contributed by atoms with van der Waals surface area (Å²) in [6.07, 6.45) is 5.92. The Kier molecular flexibility index (Phi) is 5.72. The molecule has 25 heavy (non-hydrogen) atoms. The van der Waals surface area contributed by atoms with Gasteiger partial charge in [0.1, 0.15) is 5.75 Å². The van der Waals surface area contributed by atoms with E-state index in [-0.39, 0.29) is 24.2 Å². The predicted octanol–water partition coefficient (Wildman–Crippen LogP) is 3.31. The van der Waals surface area contributed by atoms with Crippen molar-refractivity contribution in [3.8, 4) is 5.75 Å². The lowest BCUT2D eigenvalue weighted by Gasteiger charge is -2.20. The Bertz CT molecular complexity index is 704. The van der Waals surface area contributed by atoms with Crippen LogP contribution in [0.25, 0.3) is 0 Å². The van der Waals surface area contributed by atoms with Crippen molar-refractivity contribution in [1.82, 2.24) is 4.90 Å². The summed E-state index contributed by atoms with van der Waals surface area (Å²) >= 11 is 0. The minimum absolute atomic E-state index is 0.00641. The van der Waals surface area contributed by atoms with Gasteiger partial charge >= 0.3 is 0 Å². The number of likely N-dealkylation sites (tertiary alicyclic amines) is 1. The summed E-state index contributed by atoms with van der Waals surface area (Å²) in [7, 11) is 0. The van der Waals surface area contributed by atoms with E-state index in [1.165, 1.54) is 19.1 Å². The minimum atomic E-state index is -0.331. The van der Waals surface area contributed by atoms with E-state index >= 15 is 0 Å². The molecule has 2 aromatic rings. The van der Waals surface area contributed by atoms with E-state index in [4.69, 9.17) is 9.15 Å². The van der Waals surface area contributed by atoms with Crippen LogP contribution in [0.1, 0.15) is 36.2 Å². The van der Waals surface area contributed by atoms with Crippen LogP contribution in [0.3, 0.4) is 0 Å². The highest BCUT2D eigenvalue weighted by Crippen LogP contribution is 2.19. The van der Waals surface area contributed by atoms with Crippen LogP contribution >= 0.6 is 0 Å². The molecule has 6 nitrogen and oxygen atoms in total. The first-order valence-corrected chi connectivity index (χ1v) is 8.58. The van der Waals surface area contributed by atoms with Crippen molar-refractivity contribution in [2.24, 2.45) is 0 Å². The van der Waals surface area contributed by atoms with Gasteiger partial charge in [0.2, 0.25) is 0 Å². The van der Waals surface area contributed by atoms with Gasteiger partial charge in [-0.05, 0) is 37.1 Å². The topological polar surface area (TPSA) is 71.8 Å². The number of hydrogen-bond donors (Lipinski definition) is 1. The number of hydrogen-bond acceptors (Lipinski definition) is 4. The van der Waals surface area contributed by atoms with Gasteiger partial charge in [0.15, 0.2) is 12.4 Å². The van der Waals surface area contributed by atoms with Crippen molar-refractivity contribution < 1.29 is 18.7 Å². The van der Waals surface area contributed by atoms with E-state index in [1.54, 1.807) is 36.4 Å². The third kappa shape index (κ3) is 4.86. The molecule has 0 atom stereocenters. The number of carbonyl (C=O) groups excluding carboxylic acids is 2. The quantitative estimate of drug-likeness (QED) is 0.905. The van der Waals surface area contributed by atoms with Crippen LogP contribution in [0.4, 0.5) is 5.69 Å². The summed E-state index contributed by atoms with van der Waals surface area (Å²) in [4.78, 5) is 26.1. The average Bonchev–Trinajstić information content (AvgIpc) is 3.03. The van der Waals surface area contributed by atoms with Crippen LogP contribution < -0.4 is 10.1 Å². The summed E-state index contributed by atoms with van der Waals surface area (Å²) in [5, 5.41) is 2.74. The molecule has 0 saturated carbocycles. The molecule has 1 fully saturated rings. The summed E-state index contributed by atoms with van der Waals surface area (Å²) in [6.45, 7) is 1.62. The molecule has 132 valence electrons. The van der Waals surface area contributed by atoms with E-state index in [1.807, 2.05) is 4.90 Å². The highest BCUT2D eigenvalue weighted by atomic mass is 16.5. The van der Waals surface area contributed by atoms with E-state index in [0.29, 0.717) is 11.4 Å². The standard InChI is InChI=1S/C19H22N2O4/c22-18(21-10-3-1-2-4-11-21)14-25-16-8-5-7-15(13-16)20-19(23)17-9-6-12-24-17/h5-9,12-13H,1-4,10-11,14H2,(H,20,23). The largest absolute Gasteiger partial charge is 0.484 e. The summed E-state index contributed by atoms with van der Waals surface area (Å²) < 4.78 is 10.7. The molecule has 1 aromatic carbocycles. The van der Waals surface area contributed by atoms with Gasteiger partial charge in [-0.25, -0.2) is 0 Å². The van der Waals surface area contributed by atoms with E-state index < -0.39 is 0 Å². The van der Waals surface area contributed by atoms with Crippen LogP contribution in [0.2, 0.25) is 0 Å². The zero-order valence-electron chi connectivity index (χ0n) is 14.1. The van der Waals surface area contributed by atoms with Crippen molar-refractivity contribution in [3.63, 3.8) is 0 Å². The van der Waals surface area contributed by atoms with Gasteiger partial charge in [0.25, 0.3) is 11.8 Å². The van der Waals surface area contributed by atoms with Crippen LogP contribution in [0, 0.1) is 0 Å². The van der Waals surface area contributed by atoms with Crippen LogP contribution in [-0.2, 0) is 4.79 Å². The average molecular weight is 342 g/mol. The molecule has 0 bridgehead atoms. The van der Waals surface area contributed by atoms with E-state index in [0.717, 1.165) is 25.9 Å². The number of nitrogens with zero attached hydrogens (tertiary/aromatic N) is 1. The molecule has 6 heteroatoms. The first-order valence-electron chi connectivity index (χ1n) is 8.58. The summed E-state index contributed by atoms with van der Waals surface area (Å²) in [6, 6.07) is 10.2. The maximum absolute atomic E-state index is 12.3. The molecule has 1 saturated heterocycles. The third-order valence-corrected chi connectivity index (χ3v) is 4.16. The van der Waals surface area contributed by atoms with Crippen LogP contribution in [-0.4, -0.2) is 36.4 Å². The second-order valence-electron chi connectivity index (χ2n) is 6.04. The van der Waals surface area contributed by atoms with Gasteiger partial charge in [-0.1, -0.05) is 18.9 Å². The summed E-state index contributed by atoms with van der Waals surface area (Å²) in [5.41, 5.74) is 0.584. The SMILES string of the molecule is O=C(Nc1cccc(OCC(=O)N2CCCCCC2)c1)c1ccco1. The van der Waals surface area contributed by atoms with E-state index in [9.17, 15) is 9.59 Å². The molecule has 0 aliphatic carbocycles. The fraction of sp³-hybridized carbons (Fsp3) is 0.368. The molecular weight excluding hydrogens is 320 g/mol. The lowest BCUT2D eigenvalue weighted by Crippen LogP contribution is -2.35. The monoisotopic (exact) mass is 342 g/mol. The third-order valence-electron chi connectivity index (χ3n) is 4.16. The Hall–Kier alpha value is -2.76. The van der Waals surface area contributed by atoms with Crippen molar-refractivity contribution in [2.75, 3.05) is 25.0 Å². The highest BCUT2D eigenvalue weighted by molar-refractivity contribution is 6.02. The maximum atomic E-state index is 12.3. The first-order chi connectivity index (χ1) is 12.2.